The van der Waals surface area contributed by atoms with Crippen molar-refractivity contribution in [3.63, 3.8) is 0 Å². The Morgan fingerprint density at radius 2 is 2.20 bits per heavy atom. The van der Waals surface area contributed by atoms with Crippen LogP contribution >= 0.6 is 38.9 Å². The van der Waals surface area contributed by atoms with Crippen molar-refractivity contribution < 1.29 is 9.53 Å². The minimum absolute atomic E-state index is 0.141. The Morgan fingerprint density at radius 1 is 1.55 bits per heavy atom. The fraction of sp³-hybridized carbons (Fsp3) is 0.615. The van der Waals surface area contributed by atoms with Gasteiger partial charge in [-0.25, -0.2) is 4.79 Å². The van der Waals surface area contributed by atoms with Crippen molar-refractivity contribution in [2.24, 2.45) is 0 Å². The second-order valence-corrected chi connectivity index (χ2v) is 8.09. The van der Waals surface area contributed by atoms with Crippen LogP contribution in [-0.2, 0) is 11.3 Å². The van der Waals surface area contributed by atoms with Crippen LogP contribution in [0.5, 0.6) is 0 Å². The first kappa shape index (κ1) is 17.8. The molecule has 0 aliphatic carbocycles. The van der Waals surface area contributed by atoms with Gasteiger partial charge in [-0.05, 0) is 49.7 Å². The van der Waals surface area contributed by atoms with Crippen molar-refractivity contribution in [2.45, 2.75) is 45.9 Å². The fourth-order valence-corrected chi connectivity index (χ4v) is 3.12. The Labute approximate surface area is 137 Å². The normalized spacial score (nSPS) is 13.1. The molecule has 0 spiro atoms. The van der Waals surface area contributed by atoms with Gasteiger partial charge < -0.3 is 15.4 Å². The molecule has 1 aromatic heterocycles. The van der Waals surface area contributed by atoms with Gasteiger partial charge in [-0.15, -0.1) is 11.3 Å². The van der Waals surface area contributed by atoms with Gasteiger partial charge in [0.05, 0.1) is 0 Å². The summed E-state index contributed by atoms with van der Waals surface area (Å²) in [5.74, 6) is 0. The summed E-state index contributed by atoms with van der Waals surface area (Å²) < 4.78 is 6.84. The lowest BCUT2D eigenvalue weighted by atomic mass is 10.2. The highest BCUT2D eigenvalue weighted by Gasteiger charge is 2.16. The van der Waals surface area contributed by atoms with E-state index >= 15 is 0 Å². The maximum absolute atomic E-state index is 11.5. The monoisotopic (exact) mass is 382 g/mol. The lowest BCUT2D eigenvalue weighted by molar-refractivity contribution is 0.0523. The predicted octanol–water partition coefficient (Wildman–Crippen LogP) is 4.17. The topological polar surface area (TPSA) is 50.4 Å². The number of hydrogen-bond donors (Lipinski definition) is 2. The summed E-state index contributed by atoms with van der Waals surface area (Å²) in [6, 6.07) is 2.13. The minimum atomic E-state index is -0.471. The molecule has 0 aliphatic rings. The first-order valence-corrected chi connectivity index (χ1v) is 8.30. The molecule has 0 aliphatic heterocycles. The number of nitrogens with one attached hydrogen (secondary N) is 2. The zero-order valence-corrected chi connectivity index (χ0v) is 15.2. The Morgan fingerprint density at radius 3 is 2.70 bits per heavy atom. The zero-order valence-electron chi connectivity index (χ0n) is 12.0. The van der Waals surface area contributed by atoms with Crippen LogP contribution in [0.15, 0.2) is 10.5 Å². The number of ether oxygens (including phenoxy) is 1. The van der Waals surface area contributed by atoms with Gasteiger partial charge in [0.1, 0.15) is 9.94 Å². The molecule has 0 radical (unpaired) electrons. The Balaban J connectivity index is 2.27. The molecular weight excluding hydrogens is 364 g/mol. The van der Waals surface area contributed by atoms with Crippen molar-refractivity contribution in [3.05, 3.63) is 19.8 Å². The number of carbonyl (C=O) groups is 1. The van der Waals surface area contributed by atoms with Crippen LogP contribution in [-0.4, -0.2) is 24.3 Å². The Hall–Kier alpha value is -0.300. The molecule has 0 fully saturated rings. The van der Waals surface area contributed by atoms with E-state index in [-0.39, 0.29) is 6.04 Å². The van der Waals surface area contributed by atoms with Gasteiger partial charge in [0.25, 0.3) is 0 Å². The number of carbonyl (C=O) groups excluding carboxylic acids is 1. The van der Waals surface area contributed by atoms with Crippen LogP contribution in [0.2, 0.25) is 4.34 Å². The molecular formula is C13H20BrClN2O2S. The van der Waals surface area contributed by atoms with Gasteiger partial charge >= 0.3 is 6.09 Å². The number of rotatable bonds is 5. The van der Waals surface area contributed by atoms with Crippen LogP contribution in [0.25, 0.3) is 0 Å². The van der Waals surface area contributed by atoms with E-state index in [4.69, 9.17) is 16.3 Å². The van der Waals surface area contributed by atoms with Crippen LogP contribution in [0.1, 0.15) is 32.6 Å². The molecule has 4 nitrogen and oxygen atoms in total. The van der Waals surface area contributed by atoms with E-state index in [0.717, 1.165) is 13.7 Å². The van der Waals surface area contributed by atoms with E-state index in [1.165, 1.54) is 11.3 Å². The molecule has 2 N–H and O–H groups in total. The van der Waals surface area contributed by atoms with Crippen LogP contribution < -0.4 is 10.6 Å². The largest absolute Gasteiger partial charge is 0.444 e. The van der Waals surface area contributed by atoms with Gasteiger partial charge in [0, 0.05) is 28.5 Å². The van der Waals surface area contributed by atoms with Crippen molar-refractivity contribution in [1.29, 1.82) is 0 Å². The maximum Gasteiger partial charge on any atom is 0.407 e. The number of alkyl carbamates (subject to hydrolysis) is 1. The van der Waals surface area contributed by atoms with E-state index < -0.39 is 11.7 Å². The molecule has 20 heavy (non-hydrogen) atoms. The second kappa shape index (κ2) is 7.64. The van der Waals surface area contributed by atoms with Gasteiger partial charge in [-0.2, -0.15) is 0 Å². The predicted molar refractivity (Wildman–Crippen MR) is 87.6 cm³/mol. The van der Waals surface area contributed by atoms with Crippen molar-refractivity contribution >= 4 is 45.0 Å². The fourth-order valence-electron chi connectivity index (χ4n) is 1.38. The lowest BCUT2D eigenvalue weighted by Gasteiger charge is -2.21. The summed E-state index contributed by atoms with van der Waals surface area (Å²) in [5, 5.41) is 6.05. The van der Waals surface area contributed by atoms with Gasteiger partial charge in [0.15, 0.2) is 0 Å². The van der Waals surface area contributed by atoms with Crippen LogP contribution in [0.4, 0.5) is 4.79 Å². The third-order valence-electron chi connectivity index (χ3n) is 2.27. The summed E-state index contributed by atoms with van der Waals surface area (Å²) in [7, 11) is 0. The first-order valence-electron chi connectivity index (χ1n) is 6.31. The zero-order chi connectivity index (χ0) is 15.3. The summed E-state index contributed by atoms with van der Waals surface area (Å²) in [5.41, 5.74) is -0.471. The van der Waals surface area contributed by atoms with Crippen molar-refractivity contribution in [3.8, 4) is 0 Å². The number of hydrogen-bond acceptors (Lipinski definition) is 4. The van der Waals surface area contributed by atoms with Gasteiger partial charge in [-0.1, -0.05) is 11.6 Å². The molecule has 1 rings (SSSR count). The Kier molecular flexibility index (Phi) is 6.78. The summed E-state index contributed by atoms with van der Waals surface area (Å²) in [6.45, 7) is 8.75. The summed E-state index contributed by atoms with van der Waals surface area (Å²) in [6.07, 6.45) is -0.395. The SMILES string of the molecule is CC(CNC(=O)OC(C)(C)C)NCc1cc(Br)c(Cl)s1. The molecule has 1 atom stereocenters. The number of thiophene rings is 1. The van der Waals surface area contributed by atoms with E-state index in [1.54, 1.807) is 0 Å². The average Bonchev–Trinajstić information content (AvgIpc) is 2.61. The van der Waals surface area contributed by atoms with E-state index in [1.807, 2.05) is 33.8 Å². The molecule has 1 aromatic rings. The molecule has 114 valence electrons. The molecule has 1 amide bonds. The minimum Gasteiger partial charge on any atom is -0.444 e. The lowest BCUT2D eigenvalue weighted by Crippen LogP contribution is -2.40. The third kappa shape index (κ3) is 6.92. The van der Waals surface area contributed by atoms with Gasteiger partial charge in [-0.3, -0.25) is 0 Å². The highest BCUT2D eigenvalue weighted by molar-refractivity contribution is 9.10. The molecule has 1 heterocycles. The summed E-state index contributed by atoms with van der Waals surface area (Å²) >= 11 is 10.9. The smallest absolute Gasteiger partial charge is 0.407 e. The molecule has 0 bridgehead atoms. The first-order chi connectivity index (χ1) is 9.17. The molecule has 1 unspecified atom stereocenters. The number of halogens is 2. The molecule has 0 saturated carbocycles. The quantitative estimate of drug-likeness (QED) is 0.802. The highest BCUT2D eigenvalue weighted by atomic mass is 79.9. The highest BCUT2D eigenvalue weighted by Crippen LogP contribution is 2.31. The second-order valence-electron chi connectivity index (χ2n) is 5.50. The molecule has 0 saturated heterocycles. The van der Waals surface area contributed by atoms with Crippen LogP contribution in [0.3, 0.4) is 0 Å². The van der Waals surface area contributed by atoms with E-state index in [0.29, 0.717) is 13.1 Å². The van der Waals surface area contributed by atoms with Gasteiger partial charge in [0.2, 0.25) is 0 Å². The van der Waals surface area contributed by atoms with Crippen LogP contribution in [0, 0.1) is 0 Å². The maximum atomic E-state index is 11.5. The number of amides is 1. The molecule has 0 aromatic carbocycles. The standard InChI is InChI=1S/C13H20BrClN2O2S/c1-8(6-17-12(18)19-13(2,3)4)16-7-9-5-10(14)11(15)20-9/h5,8,16H,6-7H2,1-4H3,(H,17,18). The Bertz CT molecular complexity index is 440. The average molecular weight is 384 g/mol. The van der Waals surface area contributed by atoms with Crippen molar-refractivity contribution in [1.82, 2.24) is 10.6 Å². The third-order valence-corrected chi connectivity index (χ3v) is 4.75. The molecule has 7 heteroatoms. The van der Waals surface area contributed by atoms with E-state index in [9.17, 15) is 4.79 Å². The van der Waals surface area contributed by atoms with Crippen molar-refractivity contribution in [2.75, 3.05) is 6.54 Å². The van der Waals surface area contributed by atoms with E-state index in [2.05, 4.69) is 26.6 Å². The summed E-state index contributed by atoms with van der Waals surface area (Å²) in [4.78, 5) is 12.6.